The van der Waals surface area contributed by atoms with E-state index in [2.05, 4.69) is 6.07 Å². The standard InChI is InChI=1S/C28H36N2O3/c1-10-33-26(32)21(17-29)24(18-11-13-20(14-12-18)30(8)9)19-15-22(27(2,3)4)25(31)23(16-19)28(5,6)7/h11-16,31H,10H2,1-9H3. The molecular weight excluding hydrogens is 412 g/mol. The molecule has 176 valence electrons. The van der Waals surface area contributed by atoms with Crippen LogP contribution >= 0.6 is 0 Å². The smallest absolute Gasteiger partial charge is 0.349 e. The van der Waals surface area contributed by atoms with Gasteiger partial charge in [-0.1, -0.05) is 53.7 Å². The lowest BCUT2D eigenvalue weighted by molar-refractivity contribution is -0.137. The van der Waals surface area contributed by atoms with Crippen LogP contribution in [0.5, 0.6) is 5.75 Å². The largest absolute Gasteiger partial charge is 0.507 e. The van der Waals surface area contributed by atoms with E-state index in [4.69, 9.17) is 4.74 Å². The Morgan fingerprint density at radius 3 is 1.82 bits per heavy atom. The second kappa shape index (κ2) is 9.70. The third-order valence-corrected chi connectivity index (χ3v) is 5.53. The fourth-order valence-corrected chi connectivity index (χ4v) is 3.71. The van der Waals surface area contributed by atoms with E-state index >= 15 is 0 Å². The van der Waals surface area contributed by atoms with Crippen molar-refractivity contribution < 1.29 is 14.6 Å². The average Bonchev–Trinajstić information content (AvgIpc) is 2.70. The van der Waals surface area contributed by atoms with Crippen LogP contribution < -0.4 is 4.90 Å². The number of esters is 1. The molecule has 0 aliphatic carbocycles. The second-order valence-corrected chi connectivity index (χ2v) is 10.4. The fourth-order valence-electron chi connectivity index (χ4n) is 3.71. The SMILES string of the molecule is CCOC(=O)C(C#N)=C(c1ccc(N(C)C)cc1)c1cc(C(C)(C)C)c(O)c(C(C)(C)C)c1. The summed E-state index contributed by atoms with van der Waals surface area (Å²) in [5.41, 5.74) is 3.69. The number of carbonyl (C=O) groups is 1. The molecule has 0 unspecified atom stereocenters. The van der Waals surface area contributed by atoms with Gasteiger partial charge in [0.2, 0.25) is 0 Å². The van der Waals surface area contributed by atoms with E-state index in [0.717, 1.165) is 22.4 Å². The van der Waals surface area contributed by atoms with E-state index in [0.29, 0.717) is 11.1 Å². The number of phenolic OH excluding ortho intramolecular Hbond substituents is 1. The zero-order chi connectivity index (χ0) is 25.1. The maximum absolute atomic E-state index is 12.8. The molecule has 0 bridgehead atoms. The van der Waals surface area contributed by atoms with Crippen LogP contribution in [0, 0.1) is 11.3 Å². The van der Waals surface area contributed by atoms with E-state index in [-0.39, 0.29) is 28.8 Å². The van der Waals surface area contributed by atoms with Crippen LogP contribution in [0.2, 0.25) is 0 Å². The van der Waals surface area contributed by atoms with Crippen LogP contribution in [-0.2, 0) is 20.4 Å². The Hall–Kier alpha value is -3.26. The molecule has 2 aromatic carbocycles. The number of carbonyl (C=O) groups excluding carboxylic acids is 1. The van der Waals surface area contributed by atoms with E-state index in [9.17, 15) is 15.2 Å². The van der Waals surface area contributed by atoms with Crippen molar-refractivity contribution in [2.24, 2.45) is 0 Å². The number of aromatic hydroxyl groups is 1. The molecule has 0 aromatic heterocycles. The fraction of sp³-hybridized carbons (Fsp3) is 0.429. The van der Waals surface area contributed by atoms with Gasteiger partial charge in [0.15, 0.2) is 0 Å². The summed E-state index contributed by atoms with van der Waals surface area (Å²) >= 11 is 0. The lowest BCUT2D eigenvalue weighted by Gasteiger charge is -2.29. The van der Waals surface area contributed by atoms with Gasteiger partial charge in [-0.05, 0) is 53.1 Å². The van der Waals surface area contributed by atoms with Crippen molar-refractivity contribution in [1.29, 1.82) is 5.26 Å². The van der Waals surface area contributed by atoms with Gasteiger partial charge in [0.05, 0.1) is 6.61 Å². The Balaban J connectivity index is 2.99. The van der Waals surface area contributed by atoms with Crippen molar-refractivity contribution in [3.63, 3.8) is 0 Å². The summed E-state index contributed by atoms with van der Waals surface area (Å²) in [5.74, 6) is -0.412. The summed E-state index contributed by atoms with van der Waals surface area (Å²) in [6.45, 7) is 14.1. The van der Waals surface area contributed by atoms with Crippen LogP contribution in [0.3, 0.4) is 0 Å². The average molecular weight is 449 g/mol. The van der Waals surface area contributed by atoms with Crippen molar-refractivity contribution in [3.8, 4) is 11.8 Å². The van der Waals surface area contributed by atoms with Crippen LogP contribution in [0.25, 0.3) is 5.57 Å². The minimum Gasteiger partial charge on any atom is -0.507 e. The molecule has 1 N–H and O–H groups in total. The summed E-state index contributed by atoms with van der Waals surface area (Å²) in [7, 11) is 3.91. The molecule has 33 heavy (non-hydrogen) atoms. The quantitative estimate of drug-likeness (QED) is 0.348. The summed E-state index contributed by atoms with van der Waals surface area (Å²) in [6.07, 6.45) is 0. The van der Waals surface area contributed by atoms with E-state index in [1.807, 2.05) is 96.9 Å². The molecule has 0 saturated heterocycles. The first-order valence-electron chi connectivity index (χ1n) is 11.2. The van der Waals surface area contributed by atoms with Gasteiger partial charge in [-0.25, -0.2) is 4.79 Å². The minimum absolute atomic E-state index is 0.0557. The number of anilines is 1. The van der Waals surface area contributed by atoms with Crippen molar-refractivity contribution >= 4 is 17.2 Å². The Bertz CT molecular complexity index is 1050. The van der Waals surface area contributed by atoms with Gasteiger partial charge in [0.25, 0.3) is 0 Å². The molecule has 0 aliphatic rings. The van der Waals surface area contributed by atoms with Gasteiger partial charge in [-0.3, -0.25) is 0 Å². The van der Waals surface area contributed by atoms with Crippen molar-refractivity contribution in [1.82, 2.24) is 0 Å². The van der Waals surface area contributed by atoms with Crippen LogP contribution in [-0.4, -0.2) is 31.8 Å². The van der Waals surface area contributed by atoms with Crippen molar-refractivity contribution in [2.75, 3.05) is 25.6 Å². The normalized spacial score (nSPS) is 12.6. The van der Waals surface area contributed by atoms with Gasteiger partial charge in [0, 0.05) is 36.5 Å². The van der Waals surface area contributed by atoms with Gasteiger partial charge < -0.3 is 14.7 Å². The predicted molar refractivity (Wildman–Crippen MR) is 135 cm³/mol. The van der Waals surface area contributed by atoms with E-state index in [1.165, 1.54) is 0 Å². The number of hydrogen-bond donors (Lipinski definition) is 1. The first-order chi connectivity index (χ1) is 15.2. The van der Waals surface area contributed by atoms with Gasteiger partial charge in [0.1, 0.15) is 17.4 Å². The molecule has 0 spiro atoms. The van der Waals surface area contributed by atoms with Crippen molar-refractivity contribution in [3.05, 3.63) is 64.2 Å². The monoisotopic (exact) mass is 448 g/mol. The molecule has 2 aromatic rings. The molecule has 0 atom stereocenters. The number of phenols is 1. The molecular formula is C28H36N2O3. The third kappa shape index (κ3) is 5.76. The summed E-state index contributed by atoms with van der Waals surface area (Å²) in [4.78, 5) is 14.8. The first-order valence-corrected chi connectivity index (χ1v) is 11.2. The third-order valence-electron chi connectivity index (χ3n) is 5.53. The minimum atomic E-state index is -0.658. The molecule has 0 heterocycles. The zero-order valence-electron chi connectivity index (χ0n) is 21.3. The molecule has 0 fully saturated rings. The Kier molecular flexibility index (Phi) is 7.64. The van der Waals surface area contributed by atoms with Crippen LogP contribution in [0.4, 0.5) is 5.69 Å². The molecule has 0 aliphatic heterocycles. The van der Waals surface area contributed by atoms with Gasteiger partial charge >= 0.3 is 5.97 Å². The molecule has 5 heteroatoms. The highest BCUT2D eigenvalue weighted by Gasteiger charge is 2.29. The first kappa shape index (κ1) is 26.0. The van der Waals surface area contributed by atoms with Crippen LogP contribution in [0.15, 0.2) is 42.0 Å². The van der Waals surface area contributed by atoms with Gasteiger partial charge in [-0.15, -0.1) is 0 Å². The highest BCUT2D eigenvalue weighted by atomic mass is 16.5. The number of hydrogen-bond acceptors (Lipinski definition) is 5. The number of nitriles is 1. The Labute approximate surface area is 198 Å². The molecule has 5 nitrogen and oxygen atoms in total. The topological polar surface area (TPSA) is 73.6 Å². The van der Waals surface area contributed by atoms with E-state index < -0.39 is 5.97 Å². The molecule has 0 saturated carbocycles. The maximum atomic E-state index is 12.8. The Morgan fingerprint density at radius 2 is 1.45 bits per heavy atom. The van der Waals surface area contributed by atoms with Crippen LogP contribution in [0.1, 0.15) is 70.7 Å². The molecule has 0 amide bonds. The lowest BCUT2D eigenvalue weighted by Crippen LogP contribution is -2.18. The Morgan fingerprint density at radius 1 is 0.970 bits per heavy atom. The maximum Gasteiger partial charge on any atom is 0.349 e. The number of nitrogens with zero attached hydrogens (tertiary/aromatic N) is 2. The zero-order valence-corrected chi connectivity index (χ0v) is 21.3. The lowest BCUT2D eigenvalue weighted by atomic mass is 9.77. The highest BCUT2D eigenvalue weighted by molar-refractivity contribution is 6.05. The van der Waals surface area contributed by atoms with Gasteiger partial charge in [-0.2, -0.15) is 5.26 Å². The summed E-state index contributed by atoms with van der Waals surface area (Å²) in [6, 6.07) is 13.6. The summed E-state index contributed by atoms with van der Waals surface area (Å²) in [5, 5.41) is 21.2. The number of rotatable bonds is 5. The highest BCUT2D eigenvalue weighted by Crippen LogP contribution is 2.42. The van der Waals surface area contributed by atoms with E-state index in [1.54, 1.807) is 6.92 Å². The summed E-state index contributed by atoms with van der Waals surface area (Å²) < 4.78 is 5.22. The van der Waals surface area contributed by atoms with Crippen molar-refractivity contribution in [2.45, 2.75) is 59.3 Å². The number of benzene rings is 2. The second-order valence-electron chi connectivity index (χ2n) is 10.4. The molecule has 0 radical (unpaired) electrons. The number of ether oxygens (including phenoxy) is 1. The molecule has 2 rings (SSSR count). The predicted octanol–water partition coefficient (Wildman–Crippen LogP) is 5.94.